The largest absolute Gasteiger partial charge is 0.408 e. The molecule has 1 atom stereocenters. The third kappa shape index (κ3) is 3.57. The fraction of sp³-hybridized carbons (Fsp3) is 0.316. The molecule has 4 heterocycles. The maximum Gasteiger partial charge on any atom is 0.408 e. The van der Waals surface area contributed by atoms with Crippen LogP contribution in [0.15, 0.2) is 41.2 Å². The van der Waals surface area contributed by atoms with Crippen molar-refractivity contribution in [2.75, 3.05) is 6.54 Å². The molecule has 3 aromatic rings. The van der Waals surface area contributed by atoms with Crippen molar-refractivity contribution in [1.82, 2.24) is 19.8 Å². The lowest BCUT2D eigenvalue weighted by Crippen LogP contribution is -2.44. The topological polar surface area (TPSA) is 79.8 Å². The molecular formula is C19H17F3N4O3. The van der Waals surface area contributed by atoms with E-state index in [1.807, 2.05) is 34.1 Å². The van der Waals surface area contributed by atoms with E-state index < -0.39 is 18.1 Å². The highest BCUT2D eigenvalue weighted by Gasteiger charge is 2.38. The molecule has 152 valence electrons. The molecule has 4 rings (SSSR count). The van der Waals surface area contributed by atoms with Crippen LogP contribution in [0, 0.1) is 0 Å². The second-order valence-corrected chi connectivity index (χ2v) is 6.91. The summed E-state index contributed by atoms with van der Waals surface area (Å²) in [6.07, 6.45) is -0.716. The zero-order valence-corrected chi connectivity index (χ0v) is 15.4. The number of hydrogen-bond donors (Lipinski definition) is 1. The second kappa shape index (κ2) is 6.94. The number of hydrogen-bond acceptors (Lipinski definition) is 4. The number of carbonyl (C=O) groups excluding carboxylic acids is 2. The standard InChI is InChI=1S/C19H17F3N4O3/c1-11(19(20,21)22)23-17(27)16-14-10-26(7-5-15(14)29-24-16)18(28)12-8-13-4-2-3-6-25(13)9-12/h2-4,6,8-9,11H,5,7,10H2,1H3,(H,23,27). The number of halogens is 3. The van der Waals surface area contributed by atoms with Crippen LogP contribution in [0.4, 0.5) is 13.2 Å². The van der Waals surface area contributed by atoms with E-state index in [2.05, 4.69) is 5.16 Å². The van der Waals surface area contributed by atoms with Crippen molar-refractivity contribution in [3.8, 4) is 0 Å². The molecule has 0 fully saturated rings. The quantitative estimate of drug-likeness (QED) is 0.726. The van der Waals surface area contributed by atoms with Gasteiger partial charge in [0.15, 0.2) is 5.69 Å². The number of nitrogens with one attached hydrogen (secondary N) is 1. The number of alkyl halides is 3. The van der Waals surface area contributed by atoms with Crippen LogP contribution in [0.5, 0.6) is 0 Å². The average molecular weight is 406 g/mol. The van der Waals surface area contributed by atoms with Crippen molar-refractivity contribution in [3.63, 3.8) is 0 Å². The Morgan fingerprint density at radius 2 is 2.10 bits per heavy atom. The van der Waals surface area contributed by atoms with E-state index in [9.17, 15) is 22.8 Å². The molecule has 7 nitrogen and oxygen atoms in total. The van der Waals surface area contributed by atoms with Crippen LogP contribution in [-0.4, -0.2) is 45.0 Å². The van der Waals surface area contributed by atoms with E-state index in [1.54, 1.807) is 12.3 Å². The van der Waals surface area contributed by atoms with E-state index in [4.69, 9.17) is 4.52 Å². The van der Waals surface area contributed by atoms with Crippen molar-refractivity contribution < 1.29 is 27.3 Å². The van der Waals surface area contributed by atoms with Crippen molar-refractivity contribution in [1.29, 1.82) is 0 Å². The molecule has 1 N–H and O–H groups in total. The van der Waals surface area contributed by atoms with Gasteiger partial charge >= 0.3 is 6.18 Å². The number of rotatable bonds is 3. The third-order valence-electron chi connectivity index (χ3n) is 4.92. The first-order valence-corrected chi connectivity index (χ1v) is 8.95. The third-order valence-corrected chi connectivity index (χ3v) is 4.92. The van der Waals surface area contributed by atoms with Crippen molar-refractivity contribution in [2.24, 2.45) is 0 Å². The van der Waals surface area contributed by atoms with Crippen LogP contribution >= 0.6 is 0 Å². The van der Waals surface area contributed by atoms with Crippen LogP contribution < -0.4 is 5.32 Å². The Labute approximate surface area is 163 Å². The number of nitrogens with zero attached hydrogens (tertiary/aromatic N) is 3. The minimum Gasteiger partial charge on any atom is -0.360 e. The minimum absolute atomic E-state index is 0.0347. The zero-order valence-electron chi connectivity index (χ0n) is 15.4. The molecular weight excluding hydrogens is 389 g/mol. The molecule has 10 heteroatoms. The Bertz CT molecular complexity index is 1050. The summed E-state index contributed by atoms with van der Waals surface area (Å²) in [4.78, 5) is 26.7. The normalized spacial score (nSPS) is 15.2. The Kier molecular flexibility index (Phi) is 4.56. The lowest BCUT2D eigenvalue weighted by atomic mass is 10.0. The maximum absolute atomic E-state index is 12.9. The van der Waals surface area contributed by atoms with Gasteiger partial charge in [-0.1, -0.05) is 11.2 Å². The van der Waals surface area contributed by atoms with Gasteiger partial charge in [0.05, 0.1) is 12.1 Å². The Morgan fingerprint density at radius 3 is 2.83 bits per heavy atom. The van der Waals surface area contributed by atoms with Gasteiger partial charge < -0.3 is 19.1 Å². The molecule has 0 aromatic carbocycles. The van der Waals surface area contributed by atoms with Crippen LogP contribution in [0.2, 0.25) is 0 Å². The molecule has 3 aromatic heterocycles. The highest BCUT2D eigenvalue weighted by molar-refractivity contribution is 5.97. The number of aromatic nitrogens is 2. The van der Waals surface area contributed by atoms with Gasteiger partial charge in [0, 0.05) is 36.4 Å². The van der Waals surface area contributed by atoms with Gasteiger partial charge in [-0.05, 0) is 25.1 Å². The van der Waals surface area contributed by atoms with Gasteiger partial charge in [0.25, 0.3) is 11.8 Å². The molecule has 0 saturated carbocycles. The summed E-state index contributed by atoms with van der Waals surface area (Å²) in [5, 5.41) is 5.51. The smallest absolute Gasteiger partial charge is 0.360 e. The van der Waals surface area contributed by atoms with E-state index >= 15 is 0 Å². The van der Waals surface area contributed by atoms with Crippen LogP contribution in [0.25, 0.3) is 5.52 Å². The summed E-state index contributed by atoms with van der Waals surface area (Å²) in [6.45, 7) is 1.23. The van der Waals surface area contributed by atoms with Gasteiger partial charge in [-0.3, -0.25) is 9.59 Å². The molecule has 0 radical (unpaired) electrons. The monoisotopic (exact) mass is 406 g/mol. The summed E-state index contributed by atoms with van der Waals surface area (Å²) in [7, 11) is 0. The number of carbonyl (C=O) groups is 2. The van der Waals surface area contributed by atoms with Gasteiger partial charge in [-0.15, -0.1) is 0 Å². The molecule has 0 saturated heterocycles. The summed E-state index contributed by atoms with van der Waals surface area (Å²) < 4.78 is 45.1. The predicted octanol–water partition coefficient (Wildman–Crippen LogP) is 2.81. The van der Waals surface area contributed by atoms with E-state index in [-0.39, 0.29) is 18.1 Å². The van der Waals surface area contributed by atoms with Crippen LogP contribution in [0.1, 0.15) is 39.1 Å². The number of amides is 2. The molecule has 0 bridgehead atoms. The molecule has 0 aliphatic carbocycles. The SMILES string of the molecule is CC(NC(=O)c1noc2c1CN(C(=O)c1cc3ccccn3c1)CC2)C(F)(F)F. The lowest BCUT2D eigenvalue weighted by Gasteiger charge is -2.26. The van der Waals surface area contributed by atoms with E-state index in [1.165, 1.54) is 4.90 Å². The summed E-state index contributed by atoms with van der Waals surface area (Å²) >= 11 is 0. The summed E-state index contributed by atoms with van der Waals surface area (Å²) in [5.41, 5.74) is 1.45. The van der Waals surface area contributed by atoms with Crippen molar-refractivity contribution in [2.45, 2.75) is 32.1 Å². The predicted molar refractivity (Wildman–Crippen MR) is 95.3 cm³/mol. The molecule has 1 aliphatic rings. The highest BCUT2D eigenvalue weighted by Crippen LogP contribution is 2.25. The molecule has 1 unspecified atom stereocenters. The fourth-order valence-corrected chi connectivity index (χ4v) is 3.26. The first-order chi connectivity index (χ1) is 13.7. The summed E-state index contributed by atoms with van der Waals surface area (Å²) in [6, 6.07) is 5.30. The second-order valence-electron chi connectivity index (χ2n) is 6.91. The Morgan fingerprint density at radius 1 is 1.31 bits per heavy atom. The first kappa shape index (κ1) is 19.0. The molecule has 1 aliphatic heterocycles. The lowest BCUT2D eigenvalue weighted by molar-refractivity contribution is -0.149. The molecule has 0 spiro atoms. The number of fused-ring (bicyclic) bond motifs is 2. The summed E-state index contributed by atoms with van der Waals surface area (Å²) in [5.74, 6) is -0.819. The highest BCUT2D eigenvalue weighted by atomic mass is 19.4. The zero-order chi connectivity index (χ0) is 20.8. The molecule has 2 amide bonds. The average Bonchev–Trinajstić information content (AvgIpc) is 3.30. The van der Waals surface area contributed by atoms with Gasteiger partial charge in [0.2, 0.25) is 0 Å². The fourth-order valence-electron chi connectivity index (χ4n) is 3.26. The van der Waals surface area contributed by atoms with Crippen LogP contribution in [0.3, 0.4) is 0 Å². The minimum atomic E-state index is -4.57. The maximum atomic E-state index is 12.9. The molecule has 29 heavy (non-hydrogen) atoms. The first-order valence-electron chi connectivity index (χ1n) is 8.95. The van der Waals surface area contributed by atoms with E-state index in [0.717, 1.165) is 12.4 Å². The van der Waals surface area contributed by atoms with Gasteiger partial charge in [-0.25, -0.2) is 0 Å². The van der Waals surface area contributed by atoms with Crippen LogP contribution in [-0.2, 0) is 13.0 Å². The van der Waals surface area contributed by atoms with Crippen molar-refractivity contribution >= 4 is 17.3 Å². The van der Waals surface area contributed by atoms with E-state index in [0.29, 0.717) is 29.9 Å². The van der Waals surface area contributed by atoms with Crippen molar-refractivity contribution in [3.05, 3.63) is 59.2 Å². The van der Waals surface area contributed by atoms with Gasteiger partial charge in [0.1, 0.15) is 11.8 Å². The number of pyridine rings is 1. The van der Waals surface area contributed by atoms with Gasteiger partial charge in [-0.2, -0.15) is 13.2 Å². The Balaban J connectivity index is 1.54. The Hall–Kier alpha value is -3.30.